The van der Waals surface area contributed by atoms with Gasteiger partial charge in [-0.3, -0.25) is 0 Å². The van der Waals surface area contributed by atoms with E-state index in [-0.39, 0.29) is 0 Å². The summed E-state index contributed by atoms with van der Waals surface area (Å²) in [5, 5.41) is 7.88. The molecule has 2 rings (SSSR count). The summed E-state index contributed by atoms with van der Waals surface area (Å²) in [6, 6.07) is 6.62. The molecule has 0 fully saturated rings. The van der Waals surface area contributed by atoms with E-state index in [1.54, 1.807) is 0 Å². The van der Waals surface area contributed by atoms with Crippen LogP contribution in [0.15, 0.2) is 24.4 Å². The topological polar surface area (TPSA) is 42.7 Å². The van der Waals surface area contributed by atoms with Crippen LogP contribution in [-0.2, 0) is 12.8 Å². The van der Waals surface area contributed by atoms with Crippen molar-refractivity contribution in [2.75, 3.05) is 7.05 Å². The highest BCUT2D eigenvalue weighted by Crippen LogP contribution is 2.17. The zero-order valence-corrected chi connectivity index (χ0v) is 12.1. The van der Waals surface area contributed by atoms with E-state index in [1.807, 2.05) is 24.0 Å². The van der Waals surface area contributed by atoms with Crippen molar-refractivity contribution in [3.8, 4) is 5.82 Å². The van der Waals surface area contributed by atoms with Crippen molar-refractivity contribution in [2.45, 2.75) is 39.7 Å². The molecule has 0 radical (unpaired) electrons. The highest BCUT2D eigenvalue weighted by molar-refractivity contribution is 5.31. The predicted octanol–water partition coefficient (Wildman–Crippen LogP) is 2.67. The molecular weight excluding hydrogens is 236 g/mol. The number of rotatable bonds is 5. The van der Waals surface area contributed by atoms with Gasteiger partial charge in [0.2, 0.25) is 0 Å². The van der Waals surface area contributed by atoms with Gasteiger partial charge in [-0.2, -0.15) is 5.10 Å². The molecule has 2 aromatic rings. The third-order valence-corrected chi connectivity index (χ3v) is 3.48. The van der Waals surface area contributed by atoms with E-state index in [0.717, 1.165) is 24.4 Å². The van der Waals surface area contributed by atoms with E-state index >= 15 is 0 Å². The fraction of sp³-hybridized carbons (Fsp3) is 0.467. The van der Waals surface area contributed by atoms with Crippen LogP contribution in [-0.4, -0.2) is 21.8 Å². The molecule has 1 atom stereocenters. The van der Waals surface area contributed by atoms with Crippen molar-refractivity contribution in [3.63, 3.8) is 0 Å². The van der Waals surface area contributed by atoms with Crippen molar-refractivity contribution in [1.29, 1.82) is 0 Å². The lowest BCUT2D eigenvalue weighted by Crippen LogP contribution is -2.13. The fourth-order valence-electron chi connectivity index (χ4n) is 2.08. The predicted molar refractivity (Wildman–Crippen MR) is 77.6 cm³/mol. The van der Waals surface area contributed by atoms with E-state index in [0.29, 0.717) is 6.04 Å². The summed E-state index contributed by atoms with van der Waals surface area (Å²) in [5.74, 6) is 0.899. The molecule has 102 valence electrons. The molecule has 0 aromatic carbocycles. The second-order valence-corrected chi connectivity index (χ2v) is 4.70. The van der Waals surface area contributed by atoms with Crippen LogP contribution in [0.3, 0.4) is 0 Å². The fourth-order valence-corrected chi connectivity index (χ4v) is 2.08. The van der Waals surface area contributed by atoms with Gasteiger partial charge in [-0.15, -0.1) is 0 Å². The first-order valence-corrected chi connectivity index (χ1v) is 6.91. The molecule has 0 aliphatic heterocycles. The van der Waals surface area contributed by atoms with E-state index in [2.05, 4.69) is 48.3 Å². The lowest BCUT2D eigenvalue weighted by atomic mass is 10.1. The lowest BCUT2D eigenvalue weighted by molar-refractivity contribution is 0.648. The number of nitrogens with zero attached hydrogens (tertiary/aromatic N) is 3. The standard InChI is InChI=1S/C15H22N4/c1-5-13-10-14(6-2)19(18-13)15-9-12(7-8-17-15)11(3)16-4/h7-11,16H,5-6H2,1-4H3. The number of pyridine rings is 1. The van der Waals surface area contributed by atoms with Gasteiger partial charge in [-0.1, -0.05) is 13.8 Å². The Morgan fingerprint density at radius 2 is 2.05 bits per heavy atom. The Labute approximate surface area is 114 Å². The summed E-state index contributed by atoms with van der Waals surface area (Å²) in [6.07, 6.45) is 3.76. The van der Waals surface area contributed by atoms with Gasteiger partial charge in [0.1, 0.15) is 0 Å². The number of hydrogen-bond acceptors (Lipinski definition) is 3. The molecule has 4 heteroatoms. The van der Waals surface area contributed by atoms with E-state index in [4.69, 9.17) is 0 Å². The van der Waals surface area contributed by atoms with Crippen molar-refractivity contribution in [2.24, 2.45) is 0 Å². The minimum absolute atomic E-state index is 0.313. The summed E-state index contributed by atoms with van der Waals surface area (Å²) >= 11 is 0. The van der Waals surface area contributed by atoms with Crippen LogP contribution in [0.2, 0.25) is 0 Å². The van der Waals surface area contributed by atoms with Crippen molar-refractivity contribution in [1.82, 2.24) is 20.1 Å². The minimum Gasteiger partial charge on any atom is -0.313 e. The summed E-state index contributed by atoms with van der Waals surface area (Å²) in [4.78, 5) is 4.46. The maximum absolute atomic E-state index is 4.63. The summed E-state index contributed by atoms with van der Waals surface area (Å²) in [6.45, 7) is 6.41. The zero-order chi connectivity index (χ0) is 13.8. The molecule has 0 aliphatic rings. The third-order valence-electron chi connectivity index (χ3n) is 3.48. The first kappa shape index (κ1) is 13.7. The van der Waals surface area contributed by atoms with E-state index in [9.17, 15) is 0 Å². The molecule has 0 bridgehead atoms. The maximum Gasteiger partial charge on any atom is 0.153 e. The van der Waals surface area contributed by atoms with Gasteiger partial charge in [0, 0.05) is 17.9 Å². The molecule has 4 nitrogen and oxygen atoms in total. The Hall–Kier alpha value is -1.68. The zero-order valence-electron chi connectivity index (χ0n) is 12.1. The van der Waals surface area contributed by atoms with E-state index in [1.165, 1.54) is 11.3 Å². The highest BCUT2D eigenvalue weighted by atomic mass is 15.3. The Morgan fingerprint density at radius 1 is 1.26 bits per heavy atom. The average Bonchev–Trinajstić information content (AvgIpc) is 2.90. The summed E-state index contributed by atoms with van der Waals surface area (Å²) in [7, 11) is 1.96. The molecule has 0 spiro atoms. The maximum atomic E-state index is 4.63. The van der Waals surface area contributed by atoms with Crippen molar-refractivity contribution >= 4 is 0 Å². The normalized spacial score (nSPS) is 12.6. The second-order valence-electron chi connectivity index (χ2n) is 4.70. The molecule has 0 saturated carbocycles. The minimum atomic E-state index is 0.313. The van der Waals surface area contributed by atoms with Crippen LogP contribution in [0.5, 0.6) is 0 Å². The molecule has 0 saturated heterocycles. The molecule has 19 heavy (non-hydrogen) atoms. The SMILES string of the molecule is CCc1cc(CC)n(-c2cc(C(C)NC)ccn2)n1. The number of hydrogen-bond donors (Lipinski definition) is 1. The van der Waals surface area contributed by atoms with Gasteiger partial charge in [0.05, 0.1) is 5.69 Å². The largest absolute Gasteiger partial charge is 0.313 e. The molecule has 2 aromatic heterocycles. The van der Waals surface area contributed by atoms with Crippen LogP contribution >= 0.6 is 0 Å². The van der Waals surface area contributed by atoms with E-state index < -0.39 is 0 Å². The number of aryl methyl sites for hydroxylation is 2. The van der Waals surface area contributed by atoms with Crippen molar-refractivity contribution in [3.05, 3.63) is 41.3 Å². The van der Waals surface area contributed by atoms with Crippen LogP contribution < -0.4 is 5.32 Å². The van der Waals surface area contributed by atoms with Gasteiger partial charge >= 0.3 is 0 Å². The first-order chi connectivity index (χ1) is 9.19. The molecular formula is C15H22N4. The number of nitrogens with one attached hydrogen (secondary N) is 1. The van der Waals surface area contributed by atoms with Gasteiger partial charge in [0.25, 0.3) is 0 Å². The quantitative estimate of drug-likeness (QED) is 0.896. The summed E-state index contributed by atoms with van der Waals surface area (Å²) < 4.78 is 1.96. The monoisotopic (exact) mass is 258 g/mol. The van der Waals surface area contributed by atoms with Gasteiger partial charge in [-0.25, -0.2) is 9.67 Å². The highest BCUT2D eigenvalue weighted by Gasteiger charge is 2.10. The average molecular weight is 258 g/mol. The molecule has 1 unspecified atom stereocenters. The first-order valence-electron chi connectivity index (χ1n) is 6.91. The van der Waals surface area contributed by atoms with Crippen molar-refractivity contribution < 1.29 is 0 Å². The Morgan fingerprint density at radius 3 is 2.68 bits per heavy atom. The molecule has 0 amide bonds. The summed E-state index contributed by atoms with van der Waals surface area (Å²) in [5.41, 5.74) is 3.55. The van der Waals surface area contributed by atoms with Gasteiger partial charge in [0.15, 0.2) is 5.82 Å². The van der Waals surface area contributed by atoms with Gasteiger partial charge in [-0.05, 0) is 50.6 Å². The molecule has 2 heterocycles. The number of aromatic nitrogens is 3. The second kappa shape index (κ2) is 5.97. The lowest BCUT2D eigenvalue weighted by Gasteiger charge is -2.12. The van der Waals surface area contributed by atoms with Crippen LogP contribution in [0.1, 0.15) is 43.8 Å². The smallest absolute Gasteiger partial charge is 0.153 e. The van der Waals surface area contributed by atoms with Gasteiger partial charge < -0.3 is 5.32 Å². The molecule has 1 N–H and O–H groups in total. The Bertz CT molecular complexity index is 545. The third kappa shape index (κ3) is 2.84. The Kier molecular flexibility index (Phi) is 4.32. The Balaban J connectivity index is 2.43. The van der Waals surface area contributed by atoms with Crippen LogP contribution in [0.25, 0.3) is 5.82 Å². The van der Waals surface area contributed by atoms with Crippen LogP contribution in [0, 0.1) is 0 Å². The molecule has 0 aliphatic carbocycles. The van der Waals surface area contributed by atoms with Crippen LogP contribution in [0.4, 0.5) is 0 Å².